The second-order valence-corrected chi connectivity index (χ2v) is 2.08. The van der Waals surface area contributed by atoms with Crippen molar-refractivity contribution in [1.29, 1.82) is 0 Å². The molecule has 3 N–H and O–H groups in total. The summed E-state index contributed by atoms with van der Waals surface area (Å²) in [6.07, 6.45) is 0.657. The second kappa shape index (κ2) is 2.57. The highest BCUT2D eigenvalue weighted by molar-refractivity contribution is 5.90. The molecule has 1 radical (unpaired) electrons. The lowest BCUT2D eigenvalue weighted by Gasteiger charge is -2.01. The van der Waals surface area contributed by atoms with Gasteiger partial charge in [-0.3, -0.25) is 15.3 Å². The van der Waals surface area contributed by atoms with Gasteiger partial charge in [-0.2, -0.15) is 4.73 Å². The summed E-state index contributed by atoms with van der Waals surface area (Å²) in [4.78, 5) is 21.1. The molecule has 0 unspecified atom stereocenters. The molecule has 0 spiro atoms. The number of amides is 1. The van der Waals surface area contributed by atoms with Gasteiger partial charge < -0.3 is 10.3 Å². The van der Waals surface area contributed by atoms with E-state index in [0.717, 1.165) is 0 Å². The van der Waals surface area contributed by atoms with Crippen molar-refractivity contribution in [3.8, 4) is 5.75 Å². The molecule has 0 aliphatic rings. The van der Waals surface area contributed by atoms with Crippen LogP contribution in [-0.4, -0.2) is 21.0 Å². The first-order valence-corrected chi connectivity index (χ1v) is 2.93. The zero-order chi connectivity index (χ0) is 9.30. The van der Waals surface area contributed by atoms with Gasteiger partial charge in [-0.1, -0.05) is 0 Å². The van der Waals surface area contributed by atoms with Crippen LogP contribution < -0.4 is 11.2 Å². The molecule has 0 atom stereocenters. The molecule has 1 aromatic heterocycles. The van der Waals surface area contributed by atoms with Gasteiger partial charge in [0.05, 0.1) is 6.20 Å². The van der Waals surface area contributed by atoms with Crippen LogP contribution in [0.5, 0.6) is 5.75 Å². The summed E-state index contributed by atoms with van der Waals surface area (Å²) in [6.45, 7) is 0. The van der Waals surface area contributed by atoms with Crippen LogP contribution in [0.3, 0.4) is 0 Å². The fraction of sp³-hybridized carbons (Fsp3) is 0. The molecule has 0 aromatic carbocycles. The minimum atomic E-state index is -1.20. The van der Waals surface area contributed by atoms with E-state index in [1.165, 1.54) is 0 Å². The molecule has 63 valence electrons. The van der Waals surface area contributed by atoms with Crippen LogP contribution >= 0.6 is 0 Å². The number of aromatic nitrogens is 1. The van der Waals surface area contributed by atoms with E-state index >= 15 is 0 Å². The van der Waals surface area contributed by atoms with Crippen LogP contribution in [0.2, 0.25) is 0 Å². The maximum Gasteiger partial charge on any atom is 0.289 e. The molecule has 1 aromatic rings. The number of pyridine rings is 1. The average Bonchev–Trinajstić information content (AvgIpc) is 1.96. The van der Waals surface area contributed by atoms with Crippen LogP contribution in [0.15, 0.2) is 17.1 Å². The zero-order valence-corrected chi connectivity index (χ0v) is 5.81. The highest BCUT2D eigenvalue weighted by atomic mass is 16.5. The van der Waals surface area contributed by atoms with Crippen molar-refractivity contribution in [1.82, 2.24) is 10.5 Å². The SMILES string of the molecule is [NH]C(=O)c1cc(=O)c(O)cn1O. The lowest BCUT2D eigenvalue weighted by Crippen LogP contribution is -2.15. The summed E-state index contributed by atoms with van der Waals surface area (Å²) in [5, 5.41) is 17.6. The highest BCUT2D eigenvalue weighted by Crippen LogP contribution is 2.01. The minimum Gasteiger partial charge on any atom is -0.503 e. The monoisotopic (exact) mass is 169 g/mol. The van der Waals surface area contributed by atoms with E-state index in [9.17, 15) is 9.59 Å². The van der Waals surface area contributed by atoms with Gasteiger partial charge in [-0.15, -0.1) is 0 Å². The van der Waals surface area contributed by atoms with E-state index in [2.05, 4.69) is 0 Å². The molecule has 1 rings (SSSR count). The summed E-state index contributed by atoms with van der Waals surface area (Å²) in [7, 11) is 0. The first-order valence-electron chi connectivity index (χ1n) is 2.93. The third-order valence-corrected chi connectivity index (χ3v) is 1.24. The van der Waals surface area contributed by atoms with E-state index in [4.69, 9.17) is 16.0 Å². The van der Waals surface area contributed by atoms with E-state index in [0.29, 0.717) is 12.3 Å². The maximum atomic E-state index is 10.7. The fourth-order valence-electron chi connectivity index (χ4n) is 0.683. The largest absolute Gasteiger partial charge is 0.503 e. The number of carbonyl (C=O) groups is 1. The molecule has 0 fully saturated rings. The topological polar surface area (TPSA) is 103 Å². The number of hydrogen-bond donors (Lipinski definition) is 2. The Balaban J connectivity index is 3.43. The summed E-state index contributed by atoms with van der Waals surface area (Å²) in [5.41, 5.74) is 5.29. The fourth-order valence-corrected chi connectivity index (χ4v) is 0.683. The number of nitrogens with zero attached hydrogens (tertiary/aromatic N) is 1. The molecule has 1 heterocycles. The lowest BCUT2D eigenvalue weighted by molar-refractivity contribution is 0.0935. The van der Waals surface area contributed by atoms with Crippen molar-refractivity contribution >= 4 is 5.91 Å². The third-order valence-electron chi connectivity index (χ3n) is 1.24. The molecule has 12 heavy (non-hydrogen) atoms. The molecule has 6 nitrogen and oxygen atoms in total. The van der Waals surface area contributed by atoms with Crippen LogP contribution in [0.4, 0.5) is 0 Å². The Morgan fingerprint density at radius 2 is 2.17 bits per heavy atom. The Kier molecular flexibility index (Phi) is 1.74. The number of carbonyl (C=O) groups excluding carboxylic acids is 1. The van der Waals surface area contributed by atoms with Gasteiger partial charge in [0, 0.05) is 6.07 Å². The van der Waals surface area contributed by atoms with E-state index in [1.807, 2.05) is 0 Å². The third kappa shape index (κ3) is 1.22. The van der Waals surface area contributed by atoms with Gasteiger partial charge >= 0.3 is 0 Å². The van der Waals surface area contributed by atoms with Gasteiger partial charge in [-0.05, 0) is 0 Å². The summed E-state index contributed by atoms with van der Waals surface area (Å²) >= 11 is 0. The molecule has 0 aliphatic heterocycles. The Morgan fingerprint density at radius 1 is 1.58 bits per heavy atom. The van der Waals surface area contributed by atoms with Gasteiger partial charge in [0.2, 0.25) is 5.43 Å². The van der Waals surface area contributed by atoms with Crippen molar-refractivity contribution in [2.75, 3.05) is 0 Å². The predicted octanol–water partition coefficient (Wildman–Crippen LogP) is -0.786. The summed E-state index contributed by atoms with van der Waals surface area (Å²) in [6, 6.07) is 0.685. The number of hydrogen-bond acceptors (Lipinski definition) is 4. The Bertz CT molecular complexity index is 382. The van der Waals surface area contributed by atoms with E-state index in [-0.39, 0.29) is 4.73 Å². The standard InChI is InChI=1S/C6H5N2O4/c7-6(11)3-1-4(9)5(10)2-8(3)12/h1-2,7,10,12H. The quantitative estimate of drug-likeness (QED) is 0.538. The first-order chi connectivity index (χ1) is 5.52. The molecular weight excluding hydrogens is 164 g/mol. The molecule has 0 bridgehead atoms. The van der Waals surface area contributed by atoms with Crippen molar-refractivity contribution < 1.29 is 15.1 Å². The Morgan fingerprint density at radius 3 is 2.67 bits per heavy atom. The van der Waals surface area contributed by atoms with Crippen molar-refractivity contribution in [3.63, 3.8) is 0 Å². The number of aromatic hydroxyl groups is 1. The van der Waals surface area contributed by atoms with Crippen molar-refractivity contribution in [2.45, 2.75) is 0 Å². The highest BCUT2D eigenvalue weighted by Gasteiger charge is 2.09. The summed E-state index contributed by atoms with van der Waals surface area (Å²) < 4.78 is 0.228. The van der Waals surface area contributed by atoms with Crippen LogP contribution in [0.25, 0.3) is 0 Å². The predicted molar refractivity (Wildman–Crippen MR) is 37.0 cm³/mol. The van der Waals surface area contributed by atoms with E-state index < -0.39 is 22.8 Å². The maximum absolute atomic E-state index is 10.7. The average molecular weight is 169 g/mol. The number of rotatable bonds is 1. The Labute approximate surface area is 66.4 Å². The second-order valence-electron chi connectivity index (χ2n) is 2.08. The zero-order valence-electron chi connectivity index (χ0n) is 5.81. The smallest absolute Gasteiger partial charge is 0.289 e. The molecule has 0 aliphatic carbocycles. The normalized spacial score (nSPS) is 9.67. The molecule has 0 saturated carbocycles. The number of nitrogens with one attached hydrogen (secondary N) is 1. The van der Waals surface area contributed by atoms with Gasteiger partial charge in [0.15, 0.2) is 5.75 Å². The van der Waals surface area contributed by atoms with E-state index in [1.54, 1.807) is 0 Å². The molecule has 1 amide bonds. The van der Waals surface area contributed by atoms with Crippen molar-refractivity contribution in [3.05, 3.63) is 28.2 Å². The van der Waals surface area contributed by atoms with Gasteiger partial charge in [0.25, 0.3) is 5.91 Å². The van der Waals surface area contributed by atoms with Crippen LogP contribution in [-0.2, 0) is 0 Å². The van der Waals surface area contributed by atoms with Gasteiger partial charge in [-0.25, -0.2) is 0 Å². The van der Waals surface area contributed by atoms with Crippen LogP contribution in [0.1, 0.15) is 10.5 Å². The van der Waals surface area contributed by atoms with Crippen LogP contribution in [0, 0.1) is 0 Å². The summed E-state index contributed by atoms with van der Waals surface area (Å²) in [5.74, 6) is -1.88. The molecule has 0 saturated heterocycles. The van der Waals surface area contributed by atoms with Gasteiger partial charge in [0.1, 0.15) is 5.69 Å². The Hall–Kier alpha value is -1.98. The van der Waals surface area contributed by atoms with Crippen molar-refractivity contribution in [2.24, 2.45) is 0 Å². The first kappa shape index (κ1) is 8.12. The minimum absolute atomic E-state index is 0.228. The molecular formula is C6H5N2O4. The lowest BCUT2D eigenvalue weighted by atomic mass is 10.3. The molecule has 6 heteroatoms.